The van der Waals surface area contributed by atoms with Crippen LogP contribution in [0.5, 0.6) is 0 Å². The maximum atomic E-state index is 6.05. The largest absolute Gasteiger partial charge is 0.384 e. The van der Waals surface area contributed by atoms with E-state index in [-0.39, 0.29) is 0 Å². The molecule has 0 atom stereocenters. The van der Waals surface area contributed by atoms with Crippen LogP contribution in [0.4, 0.5) is 5.82 Å². The molecule has 2 N–H and O–H groups in total. The number of aromatic nitrogens is 3. The van der Waals surface area contributed by atoms with E-state index in [9.17, 15) is 0 Å². The number of anilines is 1. The molecule has 19 heavy (non-hydrogen) atoms. The molecular weight excluding hydrogens is 260 g/mol. The van der Waals surface area contributed by atoms with Gasteiger partial charge in [-0.05, 0) is 37.3 Å². The number of nitrogens with two attached hydrogens (primary N) is 1. The van der Waals surface area contributed by atoms with Gasteiger partial charge in [0.1, 0.15) is 11.5 Å². The van der Waals surface area contributed by atoms with Gasteiger partial charge in [-0.25, -0.2) is 9.97 Å². The second-order valence-electron chi connectivity index (χ2n) is 4.26. The molecule has 0 bridgehead atoms. The standard InChI is InChI=1S/C14H13ClN4/c1-2-19-12-8-9(15)6-7-10(12)18-14(19)11-4-3-5-13(16)17-11/h3-8H,2H2,1H3,(H2,16,17). The third kappa shape index (κ3) is 2.04. The quantitative estimate of drug-likeness (QED) is 0.778. The zero-order chi connectivity index (χ0) is 13.4. The van der Waals surface area contributed by atoms with Crippen molar-refractivity contribution in [3.05, 3.63) is 41.4 Å². The number of pyridine rings is 1. The van der Waals surface area contributed by atoms with Crippen LogP contribution in [0, 0.1) is 0 Å². The van der Waals surface area contributed by atoms with Gasteiger partial charge in [-0.15, -0.1) is 0 Å². The fraction of sp³-hybridized carbons (Fsp3) is 0.143. The van der Waals surface area contributed by atoms with Crippen LogP contribution in [0.1, 0.15) is 6.92 Å². The minimum atomic E-state index is 0.491. The molecule has 3 rings (SSSR count). The van der Waals surface area contributed by atoms with E-state index in [2.05, 4.69) is 21.5 Å². The van der Waals surface area contributed by atoms with Gasteiger partial charge in [-0.1, -0.05) is 17.7 Å². The summed E-state index contributed by atoms with van der Waals surface area (Å²) in [5.74, 6) is 1.30. The lowest BCUT2D eigenvalue weighted by Crippen LogP contribution is -2.00. The van der Waals surface area contributed by atoms with Crippen molar-refractivity contribution in [3.63, 3.8) is 0 Å². The number of fused-ring (bicyclic) bond motifs is 1. The summed E-state index contributed by atoms with van der Waals surface area (Å²) in [5.41, 5.74) is 8.43. The molecular formula is C14H13ClN4. The number of benzene rings is 1. The second kappa shape index (κ2) is 4.55. The summed E-state index contributed by atoms with van der Waals surface area (Å²) in [5, 5.41) is 0.703. The van der Waals surface area contributed by atoms with Crippen LogP contribution >= 0.6 is 11.6 Å². The Morgan fingerprint density at radius 2 is 2.05 bits per heavy atom. The highest BCUT2D eigenvalue weighted by Gasteiger charge is 2.12. The summed E-state index contributed by atoms with van der Waals surface area (Å²) in [7, 11) is 0. The van der Waals surface area contributed by atoms with E-state index >= 15 is 0 Å². The molecule has 0 fully saturated rings. The molecule has 0 saturated carbocycles. The first-order valence-electron chi connectivity index (χ1n) is 6.07. The Labute approximate surface area is 115 Å². The highest BCUT2D eigenvalue weighted by Crippen LogP contribution is 2.26. The van der Waals surface area contributed by atoms with Crippen molar-refractivity contribution in [1.82, 2.24) is 14.5 Å². The molecule has 2 heterocycles. The van der Waals surface area contributed by atoms with Crippen LogP contribution in [0.25, 0.3) is 22.6 Å². The minimum absolute atomic E-state index is 0.491. The third-order valence-corrected chi connectivity index (χ3v) is 3.26. The predicted molar refractivity (Wildman–Crippen MR) is 78.1 cm³/mol. The van der Waals surface area contributed by atoms with Gasteiger partial charge in [-0.2, -0.15) is 0 Å². The van der Waals surface area contributed by atoms with Crippen molar-refractivity contribution in [2.24, 2.45) is 0 Å². The fourth-order valence-corrected chi connectivity index (χ4v) is 2.35. The maximum Gasteiger partial charge on any atom is 0.159 e. The topological polar surface area (TPSA) is 56.7 Å². The van der Waals surface area contributed by atoms with E-state index in [0.29, 0.717) is 10.8 Å². The maximum absolute atomic E-state index is 6.05. The molecule has 0 radical (unpaired) electrons. The van der Waals surface area contributed by atoms with E-state index in [4.69, 9.17) is 17.3 Å². The Kier molecular flexibility index (Phi) is 2.87. The summed E-state index contributed by atoms with van der Waals surface area (Å²) in [6, 6.07) is 11.2. The first-order valence-corrected chi connectivity index (χ1v) is 6.45. The predicted octanol–water partition coefficient (Wildman–Crippen LogP) is 3.35. The summed E-state index contributed by atoms with van der Waals surface area (Å²) < 4.78 is 2.09. The Bertz CT molecular complexity index is 748. The molecule has 0 amide bonds. The Hall–Kier alpha value is -2.07. The summed E-state index contributed by atoms with van der Waals surface area (Å²) in [6.45, 7) is 2.86. The van der Waals surface area contributed by atoms with Crippen LogP contribution < -0.4 is 5.73 Å². The molecule has 0 aliphatic carbocycles. The molecule has 0 aliphatic rings. The smallest absolute Gasteiger partial charge is 0.159 e. The van der Waals surface area contributed by atoms with Crippen LogP contribution in [-0.4, -0.2) is 14.5 Å². The van der Waals surface area contributed by atoms with Gasteiger partial charge in [-0.3, -0.25) is 0 Å². The first-order chi connectivity index (χ1) is 9.19. The Morgan fingerprint density at radius 3 is 2.79 bits per heavy atom. The normalized spacial score (nSPS) is 11.1. The van der Waals surface area contributed by atoms with Crippen molar-refractivity contribution < 1.29 is 0 Å². The lowest BCUT2D eigenvalue weighted by atomic mass is 10.3. The average Bonchev–Trinajstić information content (AvgIpc) is 2.76. The molecule has 2 aromatic heterocycles. The molecule has 4 nitrogen and oxygen atoms in total. The average molecular weight is 273 g/mol. The molecule has 1 aromatic carbocycles. The van der Waals surface area contributed by atoms with Gasteiger partial charge in [0.15, 0.2) is 5.82 Å². The lowest BCUT2D eigenvalue weighted by Gasteiger charge is -2.05. The number of nitrogens with zero attached hydrogens (tertiary/aromatic N) is 3. The second-order valence-corrected chi connectivity index (χ2v) is 4.70. The van der Waals surface area contributed by atoms with Crippen molar-refractivity contribution in [2.45, 2.75) is 13.5 Å². The zero-order valence-corrected chi connectivity index (χ0v) is 11.2. The van der Waals surface area contributed by atoms with Crippen LogP contribution in [0.2, 0.25) is 5.02 Å². The molecule has 0 unspecified atom stereocenters. The van der Waals surface area contributed by atoms with Gasteiger partial charge >= 0.3 is 0 Å². The summed E-state index contributed by atoms with van der Waals surface area (Å²) in [4.78, 5) is 8.95. The van der Waals surface area contributed by atoms with Gasteiger partial charge in [0.2, 0.25) is 0 Å². The van der Waals surface area contributed by atoms with E-state index in [1.807, 2.05) is 30.3 Å². The first kappa shape index (κ1) is 12.0. The minimum Gasteiger partial charge on any atom is -0.384 e. The van der Waals surface area contributed by atoms with Gasteiger partial charge in [0.25, 0.3) is 0 Å². The van der Waals surface area contributed by atoms with E-state index < -0.39 is 0 Å². The van der Waals surface area contributed by atoms with Crippen LogP contribution in [0.3, 0.4) is 0 Å². The molecule has 5 heteroatoms. The number of hydrogen-bond donors (Lipinski definition) is 1. The van der Waals surface area contributed by atoms with Gasteiger partial charge in [0.05, 0.1) is 11.0 Å². The van der Waals surface area contributed by atoms with E-state index in [1.165, 1.54) is 0 Å². The molecule has 0 aliphatic heterocycles. The molecule has 3 aromatic rings. The number of imidazole rings is 1. The number of nitrogen functional groups attached to an aromatic ring is 1. The highest BCUT2D eigenvalue weighted by atomic mass is 35.5. The Morgan fingerprint density at radius 1 is 1.21 bits per heavy atom. The number of hydrogen-bond acceptors (Lipinski definition) is 3. The summed E-state index contributed by atoms with van der Waals surface area (Å²) >= 11 is 6.05. The molecule has 0 saturated heterocycles. The number of rotatable bonds is 2. The Balaban J connectivity index is 2.29. The van der Waals surface area contributed by atoms with E-state index in [1.54, 1.807) is 6.07 Å². The number of aryl methyl sites for hydroxylation is 1. The molecule has 96 valence electrons. The molecule has 0 spiro atoms. The van der Waals surface area contributed by atoms with E-state index in [0.717, 1.165) is 29.1 Å². The highest BCUT2D eigenvalue weighted by molar-refractivity contribution is 6.31. The lowest BCUT2D eigenvalue weighted by molar-refractivity contribution is 0.793. The van der Waals surface area contributed by atoms with Crippen molar-refractivity contribution in [2.75, 3.05) is 5.73 Å². The van der Waals surface area contributed by atoms with Crippen LogP contribution in [-0.2, 0) is 6.54 Å². The number of halogens is 1. The van der Waals surface area contributed by atoms with Crippen LogP contribution in [0.15, 0.2) is 36.4 Å². The zero-order valence-electron chi connectivity index (χ0n) is 10.5. The SMILES string of the molecule is CCn1c(-c2cccc(N)n2)nc2ccc(Cl)cc21. The third-order valence-electron chi connectivity index (χ3n) is 3.03. The van der Waals surface area contributed by atoms with Crippen molar-refractivity contribution >= 4 is 28.5 Å². The van der Waals surface area contributed by atoms with Gasteiger partial charge in [0, 0.05) is 11.6 Å². The fourth-order valence-electron chi connectivity index (χ4n) is 2.19. The van der Waals surface area contributed by atoms with Crippen molar-refractivity contribution in [1.29, 1.82) is 0 Å². The van der Waals surface area contributed by atoms with Crippen molar-refractivity contribution in [3.8, 4) is 11.5 Å². The monoisotopic (exact) mass is 272 g/mol. The van der Waals surface area contributed by atoms with Gasteiger partial charge < -0.3 is 10.3 Å². The summed E-state index contributed by atoms with van der Waals surface area (Å²) in [6.07, 6.45) is 0.